The molecule has 0 amide bonds. The fourth-order valence-electron chi connectivity index (χ4n) is 4.36. The van der Waals surface area contributed by atoms with E-state index in [0.29, 0.717) is 11.1 Å². The molecule has 13 heteroatoms. The minimum absolute atomic E-state index is 0.129. The van der Waals surface area contributed by atoms with E-state index in [9.17, 15) is 39.9 Å². The maximum atomic E-state index is 13.2. The second-order valence-electron chi connectivity index (χ2n) is 8.71. The summed E-state index contributed by atoms with van der Waals surface area (Å²) in [6.45, 7) is -0.546. The Labute approximate surface area is 202 Å². The number of hydrogen-bond donors (Lipinski definition) is 2. The van der Waals surface area contributed by atoms with Gasteiger partial charge in [0.1, 0.15) is 4.90 Å². The van der Waals surface area contributed by atoms with Crippen molar-refractivity contribution in [3.63, 3.8) is 0 Å². The van der Waals surface area contributed by atoms with E-state index in [1.807, 2.05) is 0 Å². The summed E-state index contributed by atoms with van der Waals surface area (Å²) in [5, 5.41) is 12.6. The van der Waals surface area contributed by atoms with Crippen molar-refractivity contribution < 1.29 is 39.9 Å². The third-order valence-electron chi connectivity index (χ3n) is 5.85. The van der Waals surface area contributed by atoms with E-state index in [4.69, 9.17) is 0 Å². The fraction of sp³-hybridized carbons (Fsp3) is 0.348. The maximum Gasteiger partial charge on any atom is 0.436 e. The molecular weight excluding hydrogens is 512 g/mol. The molecule has 3 aromatic rings. The van der Waals surface area contributed by atoms with Gasteiger partial charge >= 0.3 is 12.4 Å². The van der Waals surface area contributed by atoms with Crippen LogP contribution in [0.4, 0.5) is 26.3 Å². The quantitative estimate of drug-likeness (QED) is 0.470. The zero-order valence-corrected chi connectivity index (χ0v) is 19.6. The van der Waals surface area contributed by atoms with E-state index in [0.717, 1.165) is 34.1 Å². The Morgan fingerprint density at radius 2 is 1.64 bits per heavy atom. The summed E-state index contributed by atoms with van der Waals surface area (Å²) in [6, 6.07) is 7.85. The van der Waals surface area contributed by atoms with Crippen LogP contribution < -0.4 is 4.72 Å². The number of aliphatic hydroxyl groups excluding tert-OH is 1. The predicted octanol–water partition coefficient (Wildman–Crippen LogP) is 3.99. The van der Waals surface area contributed by atoms with Crippen LogP contribution in [0.3, 0.4) is 0 Å². The number of aryl methyl sites for hydroxylation is 1. The van der Waals surface area contributed by atoms with Crippen molar-refractivity contribution in [3.8, 4) is 0 Å². The number of rotatable bonds is 6. The van der Waals surface area contributed by atoms with Crippen LogP contribution in [-0.2, 0) is 55.3 Å². The van der Waals surface area contributed by atoms with E-state index in [1.165, 1.54) is 13.1 Å². The first-order chi connectivity index (χ1) is 16.7. The molecule has 0 radical (unpaired) electrons. The van der Waals surface area contributed by atoms with Gasteiger partial charge in [-0.05, 0) is 59.2 Å². The lowest BCUT2D eigenvalue weighted by Gasteiger charge is -2.13. The summed E-state index contributed by atoms with van der Waals surface area (Å²) in [7, 11) is -3.33. The van der Waals surface area contributed by atoms with Gasteiger partial charge in [0.05, 0.1) is 12.2 Å². The number of aromatic nitrogens is 2. The van der Waals surface area contributed by atoms with Crippen LogP contribution >= 0.6 is 0 Å². The second-order valence-corrected chi connectivity index (χ2v) is 10.4. The summed E-state index contributed by atoms with van der Waals surface area (Å²) in [5.74, 6) is 0. The highest BCUT2D eigenvalue weighted by molar-refractivity contribution is 7.89. The highest BCUT2D eigenvalue weighted by atomic mass is 32.2. The molecule has 0 unspecified atom stereocenters. The maximum absolute atomic E-state index is 13.2. The first-order valence-electron chi connectivity index (χ1n) is 10.7. The van der Waals surface area contributed by atoms with E-state index >= 15 is 0 Å². The Morgan fingerprint density at radius 3 is 2.28 bits per heavy atom. The molecule has 0 saturated carbocycles. The molecule has 1 heterocycles. The van der Waals surface area contributed by atoms with E-state index in [1.54, 1.807) is 18.2 Å². The molecule has 1 aliphatic rings. The van der Waals surface area contributed by atoms with Gasteiger partial charge in [0.2, 0.25) is 10.0 Å². The molecule has 0 spiro atoms. The van der Waals surface area contributed by atoms with Gasteiger partial charge in [-0.3, -0.25) is 4.68 Å². The highest BCUT2D eigenvalue weighted by Gasteiger charge is 2.41. The summed E-state index contributed by atoms with van der Waals surface area (Å²) in [6.07, 6.45) is -8.13. The molecular formula is C23H21F6N3O3S. The van der Waals surface area contributed by atoms with Crippen molar-refractivity contribution >= 4 is 10.0 Å². The van der Waals surface area contributed by atoms with Crippen molar-refractivity contribution in [3.05, 3.63) is 81.7 Å². The van der Waals surface area contributed by atoms with Crippen LogP contribution in [0.1, 0.15) is 39.1 Å². The summed E-state index contributed by atoms with van der Waals surface area (Å²) in [4.78, 5) is -0.960. The summed E-state index contributed by atoms with van der Waals surface area (Å²) in [5.41, 5.74) is 0.314. The van der Waals surface area contributed by atoms with Gasteiger partial charge in [0, 0.05) is 19.3 Å². The predicted molar refractivity (Wildman–Crippen MR) is 116 cm³/mol. The van der Waals surface area contributed by atoms with Crippen molar-refractivity contribution in [2.45, 2.75) is 49.2 Å². The normalized spacial score (nSPS) is 16.4. The lowest BCUT2D eigenvalue weighted by Crippen LogP contribution is -2.36. The van der Waals surface area contributed by atoms with Crippen LogP contribution in [0, 0.1) is 0 Å². The Balaban J connectivity index is 1.52. The zero-order chi connectivity index (χ0) is 26.5. The standard InChI is InChI=1S/C23H21F6N3O3S/c1-32-11-20(21(30-32)23(27,28)29)36(34,35)31-19-9-16-3-2-13(6-17(16)10-19)4-14-5-15(12-33)8-18(7-14)22(24,25)26/h2-3,5-8,11,19,31,33H,4,9-10,12H2,1H3/t19-/m0/s1. The van der Waals surface area contributed by atoms with Crippen LogP contribution in [0.2, 0.25) is 0 Å². The van der Waals surface area contributed by atoms with E-state index in [-0.39, 0.29) is 24.8 Å². The number of nitrogens with one attached hydrogen (secondary N) is 1. The number of halogens is 6. The van der Waals surface area contributed by atoms with Gasteiger partial charge in [0.25, 0.3) is 0 Å². The van der Waals surface area contributed by atoms with Crippen molar-refractivity contribution in [2.24, 2.45) is 7.05 Å². The topological polar surface area (TPSA) is 84.2 Å². The van der Waals surface area contributed by atoms with Crippen LogP contribution in [0.15, 0.2) is 47.5 Å². The minimum Gasteiger partial charge on any atom is -0.392 e. The summed E-state index contributed by atoms with van der Waals surface area (Å²) >= 11 is 0. The number of alkyl halides is 6. The third-order valence-corrected chi connectivity index (χ3v) is 7.37. The molecule has 2 N–H and O–H groups in total. The minimum atomic E-state index is -4.95. The molecule has 1 aliphatic carbocycles. The van der Waals surface area contributed by atoms with E-state index < -0.39 is 51.2 Å². The molecule has 1 atom stereocenters. The van der Waals surface area contributed by atoms with Gasteiger partial charge in [-0.1, -0.05) is 24.3 Å². The Bertz CT molecular complexity index is 1400. The SMILES string of the molecule is Cn1cc(S(=O)(=O)N[C@H]2Cc3ccc(Cc4cc(CO)cc(C(F)(F)F)c4)cc3C2)c(C(F)(F)F)n1. The lowest BCUT2D eigenvalue weighted by atomic mass is 9.97. The van der Waals surface area contributed by atoms with Crippen LogP contribution in [0.5, 0.6) is 0 Å². The monoisotopic (exact) mass is 533 g/mol. The first kappa shape index (κ1) is 26.2. The average Bonchev–Trinajstić information content (AvgIpc) is 3.35. The van der Waals surface area contributed by atoms with Crippen molar-refractivity contribution in [1.82, 2.24) is 14.5 Å². The van der Waals surface area contributed by atoms with Crippen LogP contribution in [0.25, 0.3) is 0 Å². The first-order valence-corrected chi connectivity index (χ1v) is 12.2. The lowest BCUT2D eigenvalue weighted by molar-refractivity contribution is -0.143. The highest BCUT2D eigenvalue weighted by Crippen LogP contribution is 2.34. The Hall–Kier alpha value is -2.90. The van der Waals surface area contributed by atoms with E-state index in [2.05, 4.69) is 9.82 Å². The average molecular weight is 533 g/mol. The van der Waals surface area contributed by atoms with Crippen LogP contribution in [-0.4, -0.2) is 29.3 Å². The molecule has 0 fully saturated rings. The van der Waals surface area contributed by atoms with Gasteiger partial charge in [-0.15, -0.1) is 0 Å². The Kier molecular flexibility index (Phi) is 6.69. The fourth-order valence-corrected chi connectivity index (χ4v) is 5.80. The molecule has 2 aromatic carbocycles. The van der Waals surface area contributed by atoms with Gasteiger partial charge < -0.3 is 5.11 Å². The number of fused-ring (bicyclic) bond motifs is 1. The number of benzene rings is 2. The second kappa shape index (κ2) is 9.20. The number of aliphatic hydroxyl groups is 1. The largest absolute Gasteiger partial charge is 0.436 e. The Morgan fingerprint density at radius 1 is 0.972 bits per heavy atom. The molecule has 36 heavy (non-hydrogen) atoms. The molecule has 0 bridgehead atoms. The van der Waals surface area contributed by atoms with Gasteiger partial charge in [-0.2, -0.15) is 31.4 Å². The van der Waals surface area contributed by atoms with Crippen molar-refractivity contribution in [1.29, 1.82) is 0 Å². The van der Waals surface area contributed by atoms with Gasteiger partial charge in [0.15, 0.2) is 5.69 Å². The molecule has 194 valence electrons. The van der Waals surface area contributed by atoms with Gasteiger partial charge in [-0.25, -0.2) is 13.1 Å². The van der Waals surface area contributed by atoms with Crippen molar-refractivity contribution in [2.75, 3.05) is 0 Å². The summed E-state index contributed by atoms with van der Waals surface area (Å²) < 4.78 is 108. The third kappa shape index (κ3) is 5.57. The molecule has 1 aromatic heterocycles. The molecule has 0 aliphatic heterocycles. The number of sulfonamides is 1. The molecule has 4 rings (SSSR count). The molecule has 6 nitrogen and oxygen atoms in total. The molecule has 0 saturated heterocycles. The number of nitrogens with zero attached hydrogens (tertiary/aromatic N) is 2. The smallest absolute Gasteiger partial charge is 0.392 e. The zero-order valence-electron chi connectivity index (χ0n) is 18.8. The number of hydrogen-bond acceptors (Lipinski definition) is 4.